The highest BCUT2D eigenvalue weighted by atomic mass is 16.1. The van der Waals surface area contributed by atoms with Crippen molar-refractivity contribution in [2.24, 2.45) is 0 Å². The van der Waals surface area contributed by atoms with Crippen LogP contribution in [0, 0.1) is 0 Å². The van der Waals surface area contributed by atoms with E-state index >= 15 is 0 Å². The molecule has 0 spiro atoms. The maximum Gasteiger partial charge on any atom is 0.221 e. The summed E-state index contributed by atoms with van der Waals surface area (Å²) < 4.78 is 0. The van der Waals surface area contributed by atoms with Gasteiger partial charge in [-0.25, -0.2) is 0 Å². The van der Waals surface area contributed by atoms with Gasteiger partial charge in [0.1, 0.15) is 0 Å². The molecule has 2 N–H and O–H groups in total. The highest BCUT2D eigenvalue weighted by Crippen LogP contribution is 2.12. The first-order valence-corrected chi connectivity index (χ1v) is 12.9. The molecule has 0 saturated heterocycles. The van der Waals surface area contributed by atoms with Crippen molar-refractivity contribution in [3.63, 3.8) is 0 Å². The van der Waals surface area contributed by atoms with Crippen LogP contribution in [0.15, 0.2) is 0 Å². The highest BCUT2D eigenvalue weighted by molar-refractivity contribution is 5.76. The van der Waals surface area contributed by atoms with Crippen molar-refractivity contribution in [1.29, 1.82) is 0 Å². The lowest BCUT2D eigenvalue weighted by atomic mass is 10.0. The predicted molar refractivity (Wildman–Crippen MR) is 129 cm³/mol. The summed E-state index contributed by atoms with van der Waals surface area (Å²) in [5, 5.41) is 6.55. The Bertz CT molecular complexity index is 349. The molecular formula is C25H53N3O. The van der Waals surface area contributed by atoms with Gasteiger partial charge in [0, 0.05) is 19.0 Å². The number of rotatable bonds is 22. The molecule has 174 valence electrons. The van der Waals surface area contributed by atoms with Crippen LogP contribution in [0.1, 0.15) is 118 Å². The van der Waals surface area contributed by atoms with Crippen LogP contribution in [-0.2, 0) is 4.79 Å². The van der Waals surface area contributed by atoms with Crippen molar-refractivity contribution in [3.05, 3.63) is 0 Å². The Morgan fingerprint density at radius 2 is 1.38 bits per heavy atom. The Morgan fingerprint density at radius 1 is 0.793 bits per heavy atom. The van der Waals surface area contributed by atoms with Crippen LogP contribution in [0.25, 0.3) is 0 Å². The third-order valence-corrected chi connectivity index (χ3v) is 5.83. The SMILES string of the molecule is CCCCCCCCCCCCCC(C)NC(=O)CCN(CC)CCCNCC. The van der Waals surface area contributed by atoms with Crippen molar-refractivity contribution >= 4 is 5.91 Å². The summed E-state index contributed by atoms with van der Waals surface area (Å²) in [6, 6.07) is 0.310. The van der Waals surface area contributed by atoms with Gasteiger partial charge in [0.25, 0.3) is 0 Å². The van der Waals surface area contributed by atoms with Crippen LogP contribution in [0.5, 0.6) is 0 Å². The lowest BCUT2D eigenvalue weighted by Crippen LogP contribution is -2.36. The first-order valence-electron chi connectivity index (χ1n) is 12.9. The lowest BCUT2D eigenvalue weighted by molar-refractivity contribution is -0.122. The Morgan fingerprint density at radius 3 is 1.93 bits per heavy atom. The zero-order valence-corrected chi connectivity index (χ0v) is 20.4. The van der Waals surface area contributed by atoms with Gasteiger partial charge >= 0.3 is 0 Å². The van der Waals surface area contributed by atoms with Crippen molar-refractivity contribution in [1.82, 2.24) is 15.5 Å². The van der Waals surface area contributed by atoms with Gasteiger partial charge in [-0.1, -0.05) is 91.4 Å². The van der Waals surface area contributed by atoms with Gasteiger partial charge in [-0.15, -0.1) is 0 Å². The fourth-order valence-electron chi connectivity index (χ4n) is 3.83. The molecule has 0 radical (unpaired) electrons. The van der Waals surface area contributed by atoms with E-state index in [-0.39, 0.29) is 5.91 Å². The van der Waals surface area contributed by atoms with Crippen LogP contribution in [0.4, 0.5) is 0 Å². The Kier molecular flexibility index (Phi) is 21.6. The van der Waals surface area contributed by atoms with Gasteiger partial charge < -0.3 is 15.5 Å². The molecule has 0 aliphatic carbocycles. The number of carbonyl (C=O) groups excluding carboxylic acids is 1. The third-order valence-electron chi connectivity index (χ3n) is 5.83. The second-order valence-electron chi connectivity index (χ2n) is 8.68. The molecule has 29 heavy (non-hydrogen) atoms. The van der Waals surface area contributed by atoms with Crippen LogP contribution < -0.4 is 10.6 Å². The van der Waals surface area contributed by atoms with Crippen LogP contribution in [0.2, 0.25) is 0 Å². The predicted octanol–water partition coefficient (Wildman–Crippen LogP) is 5.90. The van der Waals surface area contributed by atoms with E-state index in [4.69, 9.17) is 0 Å². The largest absolute Gasteiger partial charge is 0.354 e. The molecule has 0 fully saturated rings. The number of nitrogens with one attached hydrogen (secondary N) is 2. The summed E-state index contributed by atoms with van der Waals surface area (Å²) >= 11 is 0. The molecule has 0 aliphatic rings. The van der Waals surface area contributed by atoms with E-state index in [9.17, 15) is 4.79 Å². The van der Waals surface area contributed by atoms with Gasteiger partial charge in [-0.05, 0) is 45.9 Å². The average Bonchev–Trinajstić information content (AvgIpc) is 2.71. The average molecular weight is 412 g/mol. The molecule has 0 aromatic heterocycles. The zero-order chi connectivity index (χ0) is 21.6. The molecule has 1 unspecified atom stereocenters. The van der Waals surface area contributed by atoms with Crippen LogP contribution in [-0.4, -0.2) is 49.6 Å². The van der Waals surface area contributed by atoms with E-state index < -0.39 is 0 Å². The number of unbranched alkanes of at least 4 members (excludes halogenated alkanes) is 10. The Hall–Kier alpha value is -0.610. The first kappa shape index (κ1) is 28.4. The lowest BCUT2D eigenvalue weighted by Gasteiger charge is -2.21. The van der Waals surface area contributed by atoms with Gasteiger partial charge in [-0.2, -0.15) is 0 Å². The van der Waals surface area contributed by atoms with Crippen molar-refractivity contribution < 1.29 is 4.79 Å². The topological polar surface area (TPSA) is 44.4 Å². The quantitative estimate of drug-likeness (QED) is 0.218. The Balaban J connectivity index is 3.54. The minimum atomic E-state index is 0.214. The number of hydrogen-bond acceptors (Lipinski definition) is 3. The summed E-state index contributed by atoms with van der Waals surface area (Å²) in [6.45, 7) is 13.8. The van der Waals surface area contributed by atoms with Crippen molar-refractivity contribution in [3.8, 4) is 0 Å². The molecule has 0 saturated carbocycles. The van der Waals surface area contributed by atoms with Gasteiger partial charge in [0.2, 0.25) is 5.91 Å². The van der Waals surface area contributed by atoms with E-state index in [0.29, 0.717) is 12.5 Å². The molecule has 0 rings (SSSR count). The molecule has 0 bridgehead atoms. The summed E-state index contributed by atoms with van der Waals surface area (Å²) in [4.78, 5) is 14.6. The minimum Gasteiger partial charge on any atom is -0.354 e. The highest BCUT2D eigenvalue weighted by Gasteiger charge is 2.09. The van der Waals surface area contributed by atoms with Crippen LogP contribution in [0.3, 0.4) is 0 Å². The second kappa shape index (κ2) is 22.1. The third kappa shape index (κ3) is 20.4. The maximum absolute atomic E-state index is 12.2. The van der Waals surface area contributed by atoms with E-state index in [0.717, 1.165) is 45.6 Å². The molecule has 0 heterocycles. The summed E-state index contributed by atoms with van der Waals surface area (Å²) in [5.74, 6) is 0.214. The van der Waals surface area contributed by atoms with E-state index in [1.54, 1.807) is 0 Å². The van der Waals surface area contributed by atoms with Gasteiger partial charge in [0.15, 0.2) is 0 Å². The summed E-state index contributed by atoms with van der Waals surface area (Å²) in [7, 11) is 0. The molecular weight excluding hydrogens is 358 g/mol. The smallest absolute Gasteiger partial charge is 0.221 e. The fourth-order valence-corrected chi connectivity index (χ4v) is 3.83. The monoisotopic (exact) mass is 411 g/mol. The van der Waals surface area contributed by atoms with E-state index in [2.05, 4.69) is 43.2 Å². The number of nitrogens with zero attached hydrogens (tertiary/aromatic N) is 1. The summed E-state index contributed by atoms with van der Waals surface area (Å²) in [5.41, 5.74) is 0. The van der Waals surface area contributed by atoms with Gasteiger partial charge in [0.05, 0.1) is 0 Å². The van der Waals surface area contributed by atoms with Crippen LogP contribution >= 0.6 is 0 Å². The van der Waals surface area contributed by atoms with Crippen molar-refractivity contribution in [2.75, 3.05) is 32.7 Å². The first-order chi connectivity index (χ1) is 14.1. The fraction of sp³-hybridized carbons (Fsp3) is 0.960. The molecule has 0 aromatic rings. The normalized spacial score (nSPS) is 12.4. The zero-order valence-electron chi connectivity index (χ0n) is 20.4. The molecule has 0 aromatic carbocycles. The Labute approximate surface area is 183 Å². The molecule has 1 atom stereocenters. The molecule has 4 heteroatoms. The standard InChI is InChI=1S/C25H53N3O/c1-5-8-9-10-11-12-13-14-15-16-17-19-24(4)27-25(29)20-23-28(7-3)22-18-21-26-6-2/h24,26H,5-23H2,1-4H3,(H,27,29). The van der Waals surface area contributed by atoms with Crippen molar-refractivity contribution in [2.45, 2.75) is 124 Å². The second-order valence-corrected chi connectivity index (χ2v) is 8.68. The summed E-state index contributed by atoms with van der Waals surface area (Å²) in [6.07, 6.45) is 18.0. The molecule has 4 nitrogen and oxygen atoms in total. The van der Waals surface area contributed by atoms with E-state index in [1.807, 2.05) is 0 Å². The minimum absolute atomic E-state index is 0.214. The maximum atomic E-state index is 12.2. The molecule has 1 amide bonds. The number of amides is 1. The number of hydrogen-bond donors (Lipinski definition) is 2. The van der Waals surface area contributed by atoms with Gasteiger partial charge in [-0.3, -0.25) is 4.79 Å². The number of carbonyl (C=O) groups is 1. The molecule has 0 aliphatic heterocycles. The van der Waals surface area contributed by atoms with E-state index in [1.165, 1.54) is 70.6 Å².